The van der Waals surface area contributed by atoms with Crippen LogP contribution in [0.4, 0.5) is 5.69 Å². The molecule has 0 radical (unpaired) electrons. The molecule has 0 N–H and O–H groups in total. The summed E-state index contributed by atoms with van der Waals surface area (Å²) in [4.78, 5) is 18.6. The summed E-state index contributed by atoms with van der Waals surface area (Å²) in [7, 11) is 1.66. The van der Waals surface area contributed by atoms with Gasteiger partial charge in [-0.15, -0.1) is 11.8 Å². The molecule has 4 nitrogen and oxygen atoms in total. The van der Waals surface area contributed by atoms with Crippen LogP contribution in [0.25, 0.3) is 0 Å². The van der Waals surface area contributed by atoms with Crippen LogP contribution in [0.3, 0.4) is 0 Å². The van der Waals surface area contributed by atoms with E-state index in [9.17, 15) is 4.79 Å². The smallest absolute Gasteiger partial charge is 0.253 e. The number of benzene rings is 3. The zero-order chi connectivity index (χ0) is 23.4. The second-order valence-electron chi connectivity index (χ2n) is 7.98. The molecule has 0 aromatic heterocycles. The van der Waals surface area contributed by atoms with Gasteiger partial charge in [-0.1, -0.05) is 29.3 Å². The van der Waals surface area contributed by atoms with E-state index >= 15 is 0 Å². The van der Waals surface area contributed by atoms with Crippen LogP contribution in [0, 0.1) is 6.92 Å². The SMILES string of the molecule is COc1ccc(C(=O)N2CCN(c3cc(Cl)ccc3C)CC2)cc1CSc1ccc(Cl)cc1. The number of hydrogen-bond donors (Lipinski definition) is 0. The van der Waals surface area contributed by atoms with Gasteiger partial charge in [0.25, 0.3) is 5.91 Å². The first-order valence-corrected chi connectivity index (χ1v) is 12.5. The number of anilines is 1. The van der Waals surface area contributed by atoms with E-state index in [1.54, 1.807) is 18.9 Å². The number of carbonyl (C=O) groups is 1. The van der Waals surface area contributed by atoms with Gasteiger partial charge in [-0.05, 0) is 67.1 Å². The quantitative estimate of drug-likeness (QED) is 0.358. The van der Waals surface area contributed by atoms with Gasteiger partial charge in [0.1, 0.15) is 5.75 Å². The zero-order valence-corrected chi connectivity index (χ0v) is 21.0. The maximum Gasteiger partial charge on any atom is 0.253 e. The largest absolute Gasteiger partial charge is 0.496 e. The highest BCUT2D eigenvalue weighted by Gasteiger charge is 2.24. The van der Waals surface area contributed by atoms with Crippen LogP contribution in [0.2, 0.25) is 10.0 Å². The molecule has 0 saturated carbocycles. The molecule has 1 fully saturated rings. The van der Waals surface area contributed by atoms with Gasteiger partial charge >= 0.3 is 0 Å². The molecule has 0 unspecified atom stereocenters. The molecule has 1 aliphatic heterocycles. The molecule has 3 aromatic rings. The molecular formula is C26H26Cl2N2O2S. The lowest BCUT2D eigenvalue weighted by Gasteiger charge is -2.37. The first-order valence-electron chi connectivity index (χ1n) is 10.8. The van der Waals surface area contributed by atoms with Crippen molar-refractivity contribution in [2.45, 2.75) is 17.6 Å². The van der Waals surface area contributed by atoms with Crippen molar-refractivity contribution < 1.29 is 9.53 Å². The molecule has 1 amide bonds. The Morgan fingerprint density at radius 1 is 0.939 bits per heavy atom. The molecule has 0 atom stereocenters. The molecule has 0 aliphatic carbocycles. The molecular weight excluding hydrogens is 475 g/mol. The molecule has 7 heteroatoms. The number of nitrogens with zero attached hydrogens (tertiary/aromatic N) is 2. The third-order valence-corrected chi connectivity index (χ3v) is 7.36. The number of thioether (sulfide) groups is 1. The predicted molar refractivity (Wildman–Crippen MR) is 138 cm³/mol. The van der Waals surface area contributed by atoms with Gasteiger partial charge in [0.15, 0.2) is 0 Å². The summed E-state index contributed by atoms with van der Waals surface area (Å²) in [6, 6.07) is 19.4. The minimum atomic E-state index is 0.0536. The predicted octanol–water partition coefficient (Wildman–Crippen LogP) is 6.57. The van der Waals surface area contributed by atoms with Crippen molar-refractivity contribution in [3.05, 3.63) is 87.4 Å². The normalized spacial score (nSPS) is 13.8. The van der Waals surface area contributed by atoms with E-state index in [0.29, 0.717) is 24.4 Å². The van der Waals surface area contributed by atoms with Crippen LogP contribution in [-0.2, 0) is 5.75 Å². The van der Waals surface area contributed by atoms with Gasteiger partial charge in [0, 0.05) is 63.7 Å². The van der Waals surface area contributed by atoms with Gasteiger partial charge in [-0.2, -0.15) is 0 Å². The molecule has 3 aromatic carbocycles. The third kappa shape index (κ3) is 5.78. The molecule has 33 heavy (non-hydrogen) atoms. The van der Waals surface area contributed by atoms with Crippen molar-refractivity contribution in [1.82, 2.24) is 4.90 Å². The molecule has 1 heterocycles. The van der Waals surface area contributed by atoms with Crippen LogP contribution in [0.15, 0.2) is 65.6 Å². The van der Waals surface area contributed by atoms with E-state index in [1.807, 2.05) is 65.6 Å². The summed E-state index contributed by atoms with van der Waals surface area (Å²) < 4.78 is 5.54. The fourth-order valence-electron chi connectivity index (χ4n) is 3.97. The van der Waals surface area contributed by atoms with Gasteiger partial charge in [0.05, 0.1) is 7.11 Å². The van der Waals surface area contributed by atoms with Crippen molar-refractivity contribution in [3.8, 4) is 5.75 Å². The lowest BCUT2D eigenvalue weighted by atomic mass is 10.1. The molecule has 0 spiro atoms. The number of aryl methyl sites for hydroxylation is 1. The number of carbonyl (C=O) groups excluding carboxylic acids is 1. The van der Waals surface area contributed by atoms with Crippen LogP contribution < -0.4 is 9.64 Å². The van der Waals surface area contributed by atoms with Crippen molar-refractivity contribution in [1.29, 1.82) is 0 Å². The van der Waals surface area contributed by atoms with Crippen molar-refractivity contribution in [2.24, 2.45) is 0 Å². The van der Waals surface area contributed by atoms with Gasteiger partial charge < -0.3 is 14.5 Å². The standard InChI is InChI=1S/C26H26Cl2N2O2S/c1-18-3-5-22(28)16-24(18)29-11-13-30(14-12-29)26(31)19-4-10-25(32-2)20(15-19)17-33-23-8-6-21(27)7-9-23/h3-10,15-16H,11-14,17H2,1-2H3. The van der Waals surface area contributed by atoms with Gasteiger partial charge in [0.2, 0.25) is 0 Å². The van der Waals surface area contributed by atoms with Crippen LogP contribution in [0.5, 0.6) is 5.75 Å². The average Bonchev–Trinajstić information content (AvgIpc) is 2.84. The van der Waals surface area contributed by atoms with Gasteiger partial charge in [-0.25, -0.2) is 0 Å². The summed E-state index contributed by atoms with van der Waals surface area (Å²) in [5.41, 5.74) is 4.02. The molecule has 0 bridgehead atoms. The summed E-state index contributed by atoms with van der Waals surface area (Å²) in [5.74, 6) is 1.54. The van der Waals surface area contributed by atoms with E-state index in [1.165, 1.54) is 5.56 Å². The minimum absolute atomic E-state index is 0.0536. The maximum absolute atomic E-state index is 13.3. The number of piperazine rings is 1. The molecule has 1 saturated heterocycles. The zero-order valence-electron chi connectivity index (χ0n) is 18.7. The van der Waals surface area contributed by atoms with Crippen molar-refractivity contribution in [3.63, 3.8) is 0 Å². The Balaban J connectivity index is 1.43. The Bertz CT molecular complexity index is 1130. The van der Waals surface area contributed by atoms with Crippen molar-refractivity contribution in [2.75, 3.05) is 38.2 Å². The summed E-state index contributed by atoms with van der Waals surface area (Å²) in [6.45, 7) is 4.99. The van der Waals surface area contributed by atoms with Gasteiger partial charge in [-0.3, -0.25) is 4.79 Å². The second-order valence-corrected chi connectivity index (χ2v) is 9.90. The number of methoxy groups -OCH3 is 1. The summed E-state index contributed by atoms with van der Waals surface area (Å²) in [5, 5.41) is 1.45. The average molecular weight is 501 g/mol. The molecule has 172 valence electrons. The fourth-order valence-corrected chi connectivity index (χ4v) is 5.14. The third-order valence-electron chi connectivity index (χ3n) is 5.81. The maximum atomic E-state index is 13.3. The number of hydrogen-bond acceptors (Lipinski definition) is 4. The Morgan fingerprint density at radius 2 is 1.64 bits per heavy atom. The lowest BCUT2D eigenvalue weighted by Crippen LogP contribution is -2.49. The first kappa shape index (κ1) is 23.8. The van der Waals surface area contributed by atoms with E-state index < -0.39 is 0 Å². The van der Waals surface area contributed by atoms with E-state index in [0.717, 1.165) is 45.0 Å². The summed E-state index contributed by atoms with van der Waals surface area (Å²) >= 11 is 13.9. The molecule has 4 rings (SSSR count). The monoisotopic (exact) mass is 500 g/mol. The lowest BCUT2D eigenvalue weighted by molar-refractivity contribution is 0.0746. The van der Waals surface area contributed by atoms with E-state index in [-0.39, 0.29) is 5.91 Å². The van der Waals surface area contributed by atoms with Crippen LogP contribution in [0.1, 0.15) is 21.5 Å². The Labute approximate surface area is 209 Å². The highest BCUT2D eigenvalue weighted by Crippen LogP contribution is 2.30. The second kappa shape index (κ2) is 10.7. The topological polar surface area (TPSA) is 32.8 Å². The highest BCUT2D eigenvalue weighted by atomic mass is 35.5. The highest BCUT2D eigenvalue weighted by molar-refractivity contribution is 7.98. The summed E-state index contributed by atoms with van der Waals surface area (Å²) in [6.07, 6.45) is 0. The van der Waals surface area contributed by atoms with Crippen molar-refractivity contribution >= 4 is 46.6 Å². The van der Waals surface area contributed by atoms with Crippen LogP contribution >= 0.6 is 35.0 Å². The number of halogens is 2. The van der Waals surface area contributed by atoms with Crippen LogP contribution in [-0.4, -0.2) is 44.1 Å². The van der Waals surface area contributed by atoms with E-state index in [4.69, 9.17) is 27.9 Å². The fraction of sp³-hybridized carbons (Fsp3) is 0.269. The Morgan fingerprint density at radius 3 is 2.33 bits per heavy atom. The number of amides is 1. The Kier molecular flexibility index (Phi) is 7.74. The molecule has 1 aliphatic rings. The Hall–Kier alpha value is -2.34. The number of ether oxygens (including phenoxy) is 1. The first-order chi connectivity index (χ1) is 15.9. The van der Waals surface area contributed by atoms with E-state index in [2.05, 4.69) is 11.8 Å². The number of rotatable bonds is 6. The minimum Gasteiger partial charge on any atom is -0.496 e.